The van der Waals surface area contributed by atoms with Crippen LogP contribution in [0.25, 0.3) is 5.69 Å². The zero-order valence-corrected chi connectivity index (χ0v) is 15.4. The molecule has 3 aromatic rings. The summed E-state index contributed by atoms with van der Waals surface area (Å²) in [4.78, 5) is 12.1. The van der Waals surface area contributed by atoms with Crippen LogP contribution in [0.4, 0.5) is 5.69 Å². The number of hydrogen-bond donors (Lipinski definition) is 1. The highest BCUT2D eigenvalue weighted by Crippen LogP contribution is 2.22. The number of thioether (sulfide) groups is 1. The third-order valence-corrected chi connectivity index (χ3v) is 4.90. The Balaban J connectivity index is 1.67. The molecular weight excluding hydrogens is 356 g/mol. The third kappa shape index (κ3) is 4.41. The summed E-state index contributed by atoms with van der Waals surface area (Å²) in [7, 11) is 0. The largest absolute Gasteiger partial charge is 0.325 e. The van der Waals surface area contributed by atoms with Gasteiger partial charge in [0.2, 0.25) is 5.91 Å². The van der Waals surface area contributed by atoms with Crippen LogP contribution in [0.2, 0.25) is 5.02 Å². The lowest BCUT2D eigenvalue weighted by Crippen LogP contribution is -2.14. The van der Waals surface area contributed by atoms with E-state index in [-0.39, 0.29) is 11.7 Å². The molecule has 128 valence electrons. The third-order valence-electron chi connectivity index (χ3n) is 3.73. The van der Waals surface area contributed by atoms with Crippen molar-refractivity contribution in [3.63, 3.8) is 0 Å². The van der Waals surface area contributed by atoms with Crippen LogP contribution in [0.3, 0.4) is 0 Å². The molecule has 5 nitrogen and oxygen atoms in total. The molecule has 0 bridgehead atoms. The number of nitrogens with zero attached hydrogens (tertiary/aromatic N) is 3. The fourth-order valence-electron chi connectivity index (χ4n) is 2.27. The van der Waals surface area contributed by atoms with E-state index in [9.17, 15) is 4.79 Å². The minimum absolute atomic E-state index is 0.123. The first-order chi connectivity index (χ1) is 12.0. The number of rotatable bonds is 5. The minimum Gasteiger partial charge on any atom is -0.325 e. The highest BCUT2D eigenvalue weighted by Gasteiger charge is 2.11. The molecule has 0 saturated heterocycles. The van der Waals surface area contributed by atoms with Crippen molar-refractivity contribution in [2.24, 2.45) is 0 Å². The van der Waals surface area contributed by atoms with Crippen LogP contribution in [0.15, 0.2) is 53.9 Å². The van der Waals surface area contributed by atoms with E-state index in [1.165, 1.54) is 22.9 Å². The molecule has 0 aliphatic rings. The normalized spacial score (nSPS) is 10.7. The Kier molecular flexibility index (Phi) is 5.40. The fraction of sp³-hybridized carbons (Fsp3) is 0.167. The zero-order valence-electron chi connectivity index (χ0n) is 13.9. The van der Waals surface area contributed by atoms with Gasteiger partial charge in [0.15, 0.2) is 5.16 Å². The molecule has 0 unspecified atom stereocenters. The van der Waals surface area contributed by atoms with E-state index >= 15 is 0 Å². The molecule has 2 aromatic carbocycles. The SMILES string of the molecule is Cc1ccc(-n2cnnc2SCC(=O)Nc2cccc(Cl)c2)cc1C. The number of anilines is 1. The standard InChI is InChI=1S/C18H17ClN4OS/c1-12-6-7-16(8-13(12)2)23-11-20-22-18(23)25-10-17(24)21-15-5-3-4-14(19)9-15/h3-9,11H,10H2,1-2H3,(H,21,24). The van der Waals surface area contributed by atoms with E-state index in [1.807, 2.05) is 10.6 Å². The Morgan fingerprint density at radius 2 is 2.04 bits per heavy atom. The van der Waals surface area contributed by atoms with E-state index in [1.54, 1.807) is 30.6 Å². The van der Waals surface area contributed by atoms with Crippen molar-refractivity contribution < 1.29 is 4.79 Å². The van der Waals surface area contributed by atoms with E-state index in [0.717, 1.165) is 5.69 Å². The van der Waals surface area contributed by atoms with Gasteiger partial charge in [-0.15, -0.1) is 10.2 Å². The number of hydrogen-bond acceptors (Lipinski definition) is 4. The molecule has 0 aliphatic carbocycles. The quantitative estimate of drug-likeness (QED) is 0.679. The second kappa shape index (κ2) is 7.72. The molecule has 0 aliphatic heterocycles. The summed E-state index contributed by atoms with van der Waals surface area (Å²) in [5.74, 6) is 0.109. The van der Waals surface area contributed by atoms with Crippen LogP contribution in [0.5, 0.6) is 0 Å². The lowest BCUT2D eigenvalue weighted by atomic mass is 10.1. The van der Waals surface area contributed by atoms with Crippen molar-refractivity contribution in [1.29, 1.82) is 0 Å². The van der Waals surface area contributed by atoms with Crippen molar-refractivity contribution in [3.8, 4) is 5.69 Å². The maximum Gasteiger partial charge on any atom is 0.234 e. The van der Waals surface area contributed by atoms with E-state index in [2.05, 4.69) is 41.5 Å². The van der Waals surface area contributed by atoms with Gasteiger partial charge in [-0.25, -0.2) is 0 Å². The van der Waals surface area contributed by atoms with Crippen LogP contribution >= 0.6 is 23.4 Å². The Morgan fingerprint density at radius 3 is 2.80 bits per heavy atom. The highest BCUT2D eigenvalue weighted by molar-refractivity contribution is 7.99. The molecule has 0 fully saturated rings. The molecule has 1 heterocycles. The Bertz CT molecular complexity index is 910. The first-order valence-electron chi connectivity index (χ1n) is 7.69. The number of halogens is 1. The van der Waals surface area contributed by atoms with Crippen molar-refractivity contribution in [1.82, 2.24) is 14.8 Å². The lowest BCUT2D eigenvalue weighted by molar-refractivity contribution is -0.113. The Hall–Kier alpha value is -2.31. The first kappa shape index (κ1) is 17.5. The van der Waals surface area contributed by atoms with Gasteiger partial charge in [-0.2, -0.15) is 0 Å². The molecule has 0 saturated carbocycles. The molecule has 0 atom stereocenters. The lowest BCUT2D eigenvalue weighted by Gasteiger charge is -2.09. The maximum atomic E-state index is 12.1. The molecule has 25 heavy (non-hydrogen) atoms. The van der Waals surface area contributed by atoms with Crippen molar-refractivity contribution in [3.05, 3.63) is 64.9 Å². The van der Waals surface area contributed by atoms with Gasteiger partial charge in [-0.05, 0) is 55.3 Å². The number of nitrogens with one attached hydrogen (secondary N) is 1. The van der Waals surface area contributed by atoms with Gasteiger partial charge < -0.3 is 5.32 Å². The van der Waals surface area contributed by atoms with Crippen LogP contribution in [0.1, 0.15) is 11.1 Å². The van der Waals surface area contributed by atoms with Gasteiger partial charge in [0.25, 0.3) is 0 Å². The van der Waals surface area contributed by atoms with Crippen LogP contribution in [-0.2, 0) is 4.79 Å². The summed E-state index contributed by atoms with van der Waals surface area (Å²) >= 11 is 7.26. The highest BCUT2D eigenvalue weighted by atomic mass is 35.5. The summed E-state index contributed by atoms with van der Waals surface area (Å²) in [6, 6.07) is 13.2. The maximum absolute atomic E-state index is 12.1. The molecule has 0 radical (unpaired) electrons. The second-order valence-electron chi connectivity index (χ2n) is 5.60. The van der Waals surface area contributed by atoms with E-state index < -0.39 is 0 Å². The average Bonchev–Trinajstić information content (AvgIpc) is 3.04. The molecule has 7 heteroatoms. The number of amides is 1. The smallest absolute Gasteiger partial charge is 0.234 e. The molecule has 1 aromatic heterocycles. The van der Waals surface area contributed by atoms with Crippen LogP contribution < -0.4 is 5.32 Å². The molecule has 1 amide bonds. The van der Waals surface area contributed by atoms with Gasteiger partial charge in [0.1, 0.15) is 6.33 Å². The molecule has 1 N–H and O–H groups in total. The van der Waals surface area contributed by atoms with Crippen molar-refractivity contribution in [2.75, 3.05) is 11.1 Å². The summed E-state index contributed by atoms with van der Waals surface area (Å²) in [6.45, 7) is 4.13. The first-order valence-corrected chi connectivity index (χ1v) is 9.05. The molecular formula is C18H17ClN4OS. The van der Waals surface area contributed by atoms with Gasteiger partial charge in [0, 0.05) is 16.4 Å². The molecule has 3 rings (SSSR count). The topological polar surface area (TPSA) is 59.8 Å². The number of aryl methyl sites for hydroxylation is 2. The zero-order chi connectivity index (χ0) is 17.8. The second-order valence-corrected chi connectivity index (χ2v) is 6.98. The number of carbonyl (C=O) groups is 1. The van der Waals surface area contributed by atoms with Gasteiger partial charge >= 0.3 is 0 Å². The Morgan fingerprint density at radius 1 is 1.20 bits per heavy atom. The van der Waals surface area contributed by atoms with Gasteiger partial charge in [-0.3, -0.25) is 9.36 Å². The van der Waals surface area contributed by atoms with Crippen molar-refractivity contribution in [2.45, 2.75) is 19.0 Å². The van der Waals surface area contributed by atoms with Crippen LogP contribution in [0, 0.1) is 13.8 Å². The Labute approximate surface area is 155 Å². The predicted molar refractivity (Wildman–Crippen MR) is 102 cm³/mol. The number of aromatic nitrogens is 3. The monoisotopic (exact) mass is 372 g/mol. The number of benzene rings is 2. The predicted octanol–water partition coefficient (Wildman–Crippen LogP) is 4.27. The number of carbonyl (C=O) groups excluding carboxylic acids is 1. The van der Waals surface area contributed by atoms with Gasteiger partial charge in [-0.1, -0.05) is 35.5 Å². The average molecular weight is 373 g/mol. The minimum atomic E-state index is -0.123. The summed E-state index contributed by atoms with van der Waals surface area (Å²) in [5.41, 5.74) is 4.08. The van der Waals surface area contributed by atoms with Gasteiger partial charge in [0.05, 0.1) is 5.75 Å². The van der Waals surface area contributed by atoms with E-state index in [0.29, 0.717) is 15.9 Å². The summed E-state index contributed by atoms with van der Waals surface area (Å²) < 4.78 is 1.88. The van der Waals surface area contributed by atoms with Crippen molar-refractivity contribution >= 4 is 35.0 Å². The van der Waals surface area contributed by atoms with E-state index in [4.69, 9.17) is 11.6 Å². The summed E-state index contributed by atoms with van der Waals surface area (Å²) in [5, 5.41) is 12.2. The fourth-order valence-corrected chi connectivity index (χ4v) is 3.19. The van der Waals surface area contributed by atoms with Crippen LogP contribution in [-0.4, -0.2) is 26.4 Å². The molecule has 0 spiro atoms. The summed E-state index contributed by atoms with van der Waals surface area (Å²) in [6.07, 6.45) is 1.65.